The van der Waals surface area contributed by atoms with Crippen LogP contribution in [-0.2, 0) is 15.6 Å². The summed E-state index contributed by atoms with van der Waals surface area (Å²) in [5.74, 6) is -0.982. The lowest BCUT2D eigenvalue weighted by molar-refractivity contribution is 0.509. The van der Waals surface area contributed by atoms with Crippen LogP contribution in [0.2, 0.25) is 5.02 Å². The summed E-state index contributed by atoms with van der Waals surface area (Å²) in [7, 11) is -3.97. The van der Waals surface area contributed by atoms with Crippen LogP contribution in [-0.4, -0.2) is 18.5 Å². The molecule has 0 amide bonds. The summed E-state index contributed by atoms with van der Waals surface area (Å²) in [6, 6.07) is 11.6. The SMILES string of the molecule is C=C(O)c1c(S(=O)(=O)Cc2ccccc2)[nH]c2c(Br)ccc(Cl)c2c1=O. The largest absolute Gasteiger partial charge is 0.508 e. The molecular weight excluding hydrogens is 442 g/mol. The Bertz CT molecular complexity index is 1190. The number of sulfone groups is 1. The van der Waals surface area contributed by atoms with Crippen molar-refractivity contribution in [2.24, 2.45) is 0 Å². The zero-order valence-corrected chi connectivity index (χ0v) is 16.5. The van der Waals surface area contributed by atoms with Crippen molar-refractivity contribution in [3.05, 3.63) is 79.9 Å². The molecule has 0 aliphatic heterocycles. The van der Waals surface area contributed by atoms with Gasteiger partial charge in [0.15, 0.2) is 9.84 Å². The van der Waals surface area contributed by atoms with Gasteiger partial charge in [-0.2, -0.15) is 0 Å². The maximum Gasteiger partial charge on any atom is 0.203 e. The molecule has 8 heteroatoms. The Morgan fingerprint density at radius 1 is 1.19 bits per heavy atom. The monoisotopic (exact) mass is 453 g/mol. The maximum absolute atomic E-state index is 12.9. The molecule has 0 bridgehead atoms. The fourth-order valence-corrected chi connectivity index (χ4v) is 4.89. The number of H-pyrrole nitrogens is 1. The van der Waals surface area contributed by atoms with Crippen molar-refractivity contribution >= 4 is 54.0 Å². The van der Waals surface area contributed by atoms with Gasteiger partial charge in [-0.15, -0.1) is 0 Å². The average Bonchev–Trinajstić information content (AvgIpc) is 2.57. The zero-order chi connectivity index (χ0) is 19.1. The van der Waals surface area contributed by atoms with Crippen molar-refractivity contribution in [2.75, 3.05) is 0 Å². The van der Waals surface area contributed by atoms with E-state index in [2.05, 4.69) is 27.5 Å². The lowest BCUT2D eigenvalue weighted by Gasteiger charge is -2.13. The number of fused-ring (bicyclic) bond motifs is 1. The van der Waals surface area contributed by atoms with E-state index in [-0.39, 0.29) is 21.7 Å². The molecular formula is C18H13BrClNO4S. The molecule has 0 atom stereocenters. The lowest BCUT2D eigenvalue weighted by atomic mass is 10.1. The van der Waals surface area contributed by atoms with Gasteiger partial charge in [0.05, 0.1) is 27.2 Å². The first-order valence-corrected chi connectivity index (χ1v) is 10.2. The van der Waals surface area contributed by atoms with Gasteiger partial charge >= 0.3 is 0 Å². The quantitative estimate of drug-likeness (QED) is 0.570. The van der Waals surface area contributed by atoms with Crippen molar-refractivity contribution < 1.29 is 13.5 Å². The highest BCUT2D eigenvalue weighted by Gasteiger charge is 2.27. The topological polar surface area (TPSA) is 87.2 Å². The minimum Gasteiger partial charge on any atom is -0.508 e. The van der Waals surface area contributed by atoms with Crippen LogP contribution in [0.4, 0.5) is 0 Å². The highest BCUT2D eigenvalue weighted by Crippen LogP contribution is 2.30. The van der Waals surface area contributed by atoms with Crippen LogP contribution in [0.25, 0.3) is 16.7 Å². The molecule has 0 fully saturated rings. The molecule has 5 nitrogen and oxygen atoms in total. The van der Waals surface area contributed by atoms with Gasteiger partial charge in [-0.1, -0.05) is 48.5 Å². The van der Waals surface area contributed by atoms with E-state index >= 15 is 0 Å². The summed E-state index contributed by atoms with van der Waals surface area (Å²) in [5.41, 5.74) is -0.329. The Labute approximate surface area is 163 Å². The second kappa shape index (κ2) is 6.90. The van der Waals surface area contributed by atoms with E-state index in [9.17, 15) is 18.3 Å². The smallest absolute Gasteiger partial charge is 0.203 e. The minimum atomic E-state index is -3.97. The van der Waals surface area contributed by atoms with Crippen LogP contribution in [0.15, 0.2) is 63.3 Å². The molecule has 3 aromatic rings. The first-order chi connectivity index (χ1) is 12.2. The Morgan fingerprint density at radius 2 is 1.85 bits per heavy atom. The number of aromatic nitrogens is 1. The number of aliphatic hydroxyl groups is 1. The molecule has 0 aliphatic rings. The molecule has 1 aromatic heterocycles. The van der Waals surface area contributed by atoms with Crippen LogP contribution in [0.5, 0.6) is 0 Å². The van der Waals surface area contributed by atoms with Crippen LogP contribution in [0.3, 0.4) is 0 Å². The fourth-order valence-electron chi connectivity index (χ4n) is 2.66. The van der Waals surface area contributed by atoms with Crippen molar-refractivity contribution in [3.8, 4) is 0 Å². The highest BCUT2D eigenvalue weighted by atomic mass is 79.9. The van der Waals surface area contributed by atoms with Gasteiger partial charge in [-0.05, 0) is 33.6 Å². The molecule has 0 radical (unpaired) electrons. The summed E-state index contributed by atoms with van der Waals surface area (Å²) in [5, 5.41) is 9.72. The fraction of sp³-hybridized carbons (Fsp3) is 0.0556. The molecule has 3 rings (SSSR count). The van der Waals surface area contributed by atoms with Gasteiger partial charge in [0.1, 0.15) is 10.8 Å². The minimum absolute atomic E-state index is 0.0740. The first kappa shape index (κ1) is 18.7. The summed E-state index contributed by atoms with van der Waals surface area (Å²) in [6.07, 6.45) is 0. The van der Waals surface area contributed by atoms with Gasteiger partial charge in [-0.3, -0.25) is 4.79 Å². The molecule has 2 N–H and O–H groups in total. The van der Waals surface area contributed by atoms with Crippen LogP contribution < -0.4 is 5.43 Å². The summed E-state index contributed by atoms with van der Waals surface area (Å²) >= 11 is 9.39. The molecule has 0 unspecified atom stereocenters. The van der Waals surface area contributed by atoms with Crippen LogP contribution in [0, 0.1) is 0 Å². The lowest BCUT2D eigenvalue weighted by Crippen LogP contribution is -2.19. The number of pyridine rings is 1. The molecule has 134 valence electrons. The predicted molar refractivity (Wildman–Crippen MR) is 106 cm³/mol. The summed E-state index contributed by atoms with van der Waals surface area (Å²) in [6.45, 7) is 3.34. The first-order valence-electron chi connectivity index (χ1n) is 7.41. The number of rotatable bonds is 4. The molecule has 0 spiro atoms. The van der Waals surface area contributed by atoms with Gasteiger partial charge in [-0.25, -0.2) is 8.42 Å². The maximum atomic E-state index is 12.9. The van der Waals surface area contributed by atoms with Gasteiger partial charge < -0.3 is 10.1 Å². The van der Waals surface area contributed by atoms with E-state index in [0.717, 1.165) is 0 Å². The standard InChI is InChI=1S/C18H13BrClNO4S/c1-10(22)14-17(23)15-13(20)8-7-12(19)16(15)21-18(14)26(24,25)9-11-5-3-2-4-6-11/h2-8,22H,1,9H2,(H,21,23). The highest BCUT2D eigenvalue weighted by molar-refractivity contribution is 9.10. The van der Waals surface area contributed by atoms with E-state index in [1.54, 1.807) is 36.4 Å². The number of hydrogen-bond acceptors (Lipinski definition) is 4. The number of halogens is 2. The second-order valence-corrected chi connectivity index (χ2v) is 8.82. The number of aromatic amines is 1. The predicted octanol–water partition coefficient (Wildman–Crippen LogP) is 4.45. The average molecular weight is 455 g/mol. The number of nitrogens with one attached hydrogen (secondary N) is 1. The van der Waals surface area contributed by atoms with E-state index in [1.807, 2.05) is 0 Å². The van der Waals surface area contributed by atoms with Crippen LogP contribution in [0.1, 0.15) is 11.1 Å². The zero-order valence-electron chi connectivity index (χ0n) is 13.3. The van der Waals surface area contributed by atoms with Crippen molar-refractivity contribution in [1.82, 2.24) is 4.98 Å². The van der Waals surface area contributed by atoms with Gasteiger partial charge in [0, 0.05) is 4.47 Å². The van der Waals surface area contributed by atoms with Gasteiger partial charge in [0.25, 0.3) is 0 Å². The molecule has 2 aromatic carbocycles. The number of aliphatic hydroxyl groups excluding tert-OH is 1. The third kappa shape index (κ3) is 3.30. The Hall–Kier alpha value is -2.09. The molecule has 0 aliphatic carbocycles. The Kier molecular flexibility index (Phi) is 4.96. The van der Waals surface area contributed by atoms with E-state index in [1.165, 1.54) is 6.07 Å². The molecule has 0 saturated carbocycles. The summed E-state index contributed by atoms with van der Waals surface area (Å²) in [4.78, 5) is 15.6. The third-order valence-corrected chi connectivity index (χ3v) is 6.44. The number of hydrogen-bond donors (Lipinski definition) is 2. The normalized spacial score (nSPS) is 11.6. The third-order valence-electron chi connectivity index (χ3n) is 3.82. The van der Waals surface area contributed by atoms with Crippen LogP contribution >= 0.6 is 27.5 Å². The van der Waals surface area contributed by atoms with Crippen molar-refractivity contribution in [2.45, 2.75) is 10.8 Å². The van der Waals surface area contributed by atoms with E-state index < -0.39 is 31.6 Å². The number of benzene rings is 2. The molecule has 0 saturated heterocycles. The van der Waals surface area contributed by atoms with Gasteiger partial charge in [0.2, 0.25) is 5.43 Å². The molecule has 26 heavy (non-hydrogen) atoms. The summed E-state index contributed by atoms with van der Waals surface area (Å²) < 4.78 is 26.4. The van der Waals surface area contributed by atoms with Crippen molar-refractivity contribution in [3.63, 3.8) is 0 Å². The van der Waals surface area contributed by atoms with E-state index in [0.29, 0.717) is 10.0 Å². The molecule has 1 heterocycles. The second-order valence-electron chi connectivity index (χ2n) is 5.63. The van der Waals surface area contributed by atoms with E-state index in [4.69, 9.17) is 11.6 Å². The Balaban J connectivity index is 2.35. The van der Waals surface area contributed by atoms with Crippen molar-refractivity contribution in [1.29, 1.82) is 0 Å². The Morgan fingerprint density at radius 3 is 2.46 bits per heavy atom.